The molecule has 4 rings (SSSR count). The summed E-state index contributed by atoms with van der Waals surface area (Å²) in [5.74, 6) is -1.01. The molecule has 0 bridgehead atoms. The second-order valence-corrected chi connectivity index (χ2v) is 19.1. The summed E-state index contributed by atoms with van der Waals surface area (Å²) in [6.45, 7) is 14.7. The summed E-state index contributed by atoms with van der Waals surface area (Å²) in [4.78, 5) is 39.8. The third-order valence-corrected chi connectivity index (χ3v) is 10.1. The minimum atomic E-state index is -4.68. The lowest BCUT2D eigenvalue weighted by Gasteiger charge is -2.22. The molecule has 0 saturated heterocycles. The van der Waals surface area contributed by atoms with E-state index < -0.39 is 92.2 Å². The minimum Gasteiger partial charge on any atom is -0.744 e. The van der Waals surface area contributed by atoms with Gasteiger partial charge in [0, 0.05) is 12.1 Å². The average Bonchev–Trinajstić information content (AvgIpc) is 3.11. The predicted molar refractivity (Wildman–Crippen MR) is 215 cm³/mol. The highest BCUT2D eigenvalue weighted by Crippen LogP contribution is 2.45. The molecule has 0 unspecified atom stereocenters. The van der Waals surface area contributed by atoms with Crippen molar-refractivity contribution in [3.63, 3.8) is 0 Å². The lowest BCUT2D eigenvalue weighted by Crippen LogP contribution is -2.28. The van der Waals surface area contributed by atoms with Crippen LogP contribution in [-0.4, -0.2) is 67.5 Å². The van der Waals surface area contributed by atoms with Crippen LogP contribution in [-0.2, 0) is 55.8 Å². The highest BCUT2D eigenvalue weighted by Gasteiger charge is 2.38. The molecule has 0 spiro atoms. The monoisotopic (exact) mass is 878 g/mol. The first-order valence-corrected chi connectivity index (χ1v) is 20.9. The van der Waals surface area contributed by atoms with Crippen LogP contribution in [0.1, 0.15) is 67.9 Å². The normalized spacial score (nSPS) is 12.1. The van der Waals surface area contributed by atoms with Crippen LogP contribution in [0.25, 0.3) is 0 Å². The topological polar surface area (TPSA) is 164 Å². The average molecular weight is 879 g/mol. The maximum atomic E-state index is 12.8. The van der Waals surface area contributed by atoms with Gasteiger partial charge in [0.05, 0.1) is 10.5 Å². The quantitative estimate of drug-likeness (QED) is 0.0545. The lowest BCUT2D eigenvalue weighted by molar-refractivity contribution is -0.158. The van der Waals surface area contributed by atoms with Crippen molar-refractivity contribution in [1.82, 2.24) is 0 Å². The second kappa shape index (κ2) is 20.3. The number of esters is 3. The summed E-state index contributed by atoms with van der Waals surface area (Å²) in [6, 6.07) is 25.0. The van der Waals surface area contributed by atoms with Crippen LogP contribution >= 0.6 is 0 Å². The summed E-state index contributed by atoms with van der Waals surface area (Å²) in [5.41, 5.74) is -3.14. The summed E-state index contributed by atoms with van der Waals surface area (Å²) in [7, 11) is -5.52. The van der Waals surface area contributed by atoms with Crippen LogP contribution in [0.5, 0.6) is 17.2 Å². The highest BCUT2D eigenvalue weighted by molar-refractivity contribution is 7.97. The fraction of sp³-hybridized carbons (Fsp3) is 0.372. The van der Waals surface area contributed by atoms with Crippen molar-refractivity contribution >= 4 is 38.9 Å². The van der Waals surface area contributed by atoms with Gasteiger partial charge in [0.15, 0.2) is 41.1 Å². The fourth-order valence-electron chi connectivity index (χ4n) is 4.88. The van der Waals surface area contributed by atoms with Gasteiger partial charge >= 0.3 is 24.1 Å². The molecule has 17 heteroatoms. The molecule has 0 amide bonds. The van der Waals surface area contributed by atoms with Crippen molar-refractivity contribution in [2.24, 2.45) is 0 Å². The first kappa shape index (κ1) is 49.1. The Hall–Kier alpha value is -5.26. The molecule has 4 aromatic rings. The first-order valence-electron chi connectivity index (χ1n) is 18.3. The van der Waals surface area contributed by atoms with E-state index in [1.165, 1.54) is 0 Å². The standard InChI is InChI=1S/C36H45O9S.C7H5F3O3S/c1-34(2,3)43-30(37)22-40-25-20-28(41-23-31(38)44-35(4,5)6)33(29(21-25)42-24-32(39)45-36(7,8)9)46(26-16-12-10-13-17-26)27-18-14-11-15-19-27;8-7(9,10)5-1-3-6(4-2-5)14(11,12)13/h10-21H,22-24H2,1-9H3;1-4H,(H,11,12,13)/q+1;/p-1. The number of rotatable bonds is 13. The molecule has 0 fully saturated rings. The van der Waals surface area contributed by atoms with E-state index in [1.54, 1.807) is 74.4 Å². The molecule has 0 aromatic heterocycles. The van der Waals surface area contributed by atoms with Gasteiger partial charge in [-0.1, -0.05) is 36.4 Å². The fourth-order valence-corrected chi connectivity index (χ4v) is 7.59. The van der Waals surface area contributed by atoms with Crippen LogP contribution in [0, 0.1) is 0 Å². The molecule has 0 saturated carbocycles. The SMILES string of the molecule is CC(C)(C)OC(=O)COc1cc(OCC(=O)OC(C)(C)C)c([S+](c2ccccc2)c2ccccc2)c(OCC(=O)OC(C)(C)C)c1.O=S(=O)([O-])c1ccc(C(F)(F)F)cc1. The zero-order chi connectivity index (χ0) is 45.1. The zero-order valence-electron chi connectivity index (χ0n) is 34.7. The molecule has 60 heavy (non-hydrogen) atoms. The first-order chi connectivity index (χ1) is 27.6. The summed E-state index contributed by atoms with van der Waals surface area (Å²) in [6.07, 6.45) is -4.54. The molecular weight excluding hydrogens is 830 g/mol. The summed E-state index contributed by atoms with van der Waals surface area (Å²) in [5, 5.41) is 0. The number of carbonyl (C=O) groups is 3. The number of ether oxygens (including phenoxy) is 6. The number of alkyl halides is 3. The molecule has 0 N–H and O–H groups in total. The molecule has 12 nitrogen and oxygen atoms in total. The molecule has 0 aliphatic carbocycles. The molecule has 326 valence electrons. The maximum Gasteiger partial charge on any atom is 0.416 e. The van der Waals surface area contributed by atoms with E-state index in [9.17, 15) is 40.5 Å². The van der Waals surface area contributed by atoms with E-state index >= 15 is 0 Å². The molecule has 0 heterocycles. The van der Waals surface area contributed by atoms with Crippen LogP contribution in [0.2, 0.25) is 0 Å². The minimum absolute atomic E-state index is 0.206. The number of carbonyl (C=O) groups excluding carboxylic acids is 3. The van der Waals surface area contributed by atoms with E-state index in [-0.39, 0.29) is 17.2 Å². The Kier molecular flexibility index (Phi) is 16.6. The van der Waals surface area contributed by atoms with Crippen molar-refractivity contribution in [2.45, 2.75) is 105 Å². The molecule has 0 aliphatic rings. The predicted octanol–water partition coefficient (Wildman–Crippen LogP) is 8.55. The van der Waals surface area contributed by atoms with Crippen molar-refractivity contribution < 1.29 is 68.9 Å². The number of hydrogen-bond acceptors (Lipinski definition) is 12. The van der Waals surface area contributed by atoms with Crippen molar-refractivity contribution in [3.05, 3.63) is 103 Å². The Morgan fingerprint density at radius 3 is 1.23 bits per heavy atom. The third kappa shape index (κ3) is 17.1. The molecule has 0 radical (unpaired) electrons. The van der Waals surface area contributed by atoms with Crippen LogP contribution < -0.4 is 14.2 Å². The van der Waals surface area contributed by atoms with Gasteiger partial charge in [-0.15, -0.1) is 0 Å². The summed E-state index contributed by atoms with van der Waals surface area (Å²) < 4.78 is 102. The van der Waals surface area contributed by atoms with Crippen LogP contribution in [0.4, 0.5) is 13.2 Å². The van der Waals surface area contributed by atoms with Gasteiger partial charge in [-0.25, -0.2) is 22.8 Å². The van der Waals surface area contributed by atoms with Gasteiger partial charge < -0.3 is 33.0 Å². The Morgan fingerprint density at radius 1 is 0.567 bits per heavy atom. The van der Waals surface area contributed by atoms with Crippen LogP contribution in [0.3, 0.4) is 0 Å². The van der Waals surface area contributed by atoms with Gasteiger partial charge in [0.25, 0.3) is 0 Å². The molecule has 4 aromatic carbocycles. The van der Waals surface area contributed by atoms with E-state index in [4.69, 9.17) is 28.4 Å². The van der Waals surface area contributed by atoms with Gasteiger partial charge in [0.2, 0.25) is 4.90 Å². The maximum absolute atomic E-state index is 12.8. The van der Waals surface area contributed by atoms with Crippen molar-refractivity contribution in [1.29, 1.82) is 0 Å². The van der Waals surface area contributed by atoms with E-state index in [1.807, 2.05) is 60.7 Å². The number of hydrogen-bond donors (Lipinski definition) is 0. The van der Waals surface area contributed by atoms with Gasteiger partial charge in [-0.05, 0) is 111 Å². The number of halogens is 3. The van der Waals surface area contributed by atoms with Gasteiger partial charge in [-0.2, -0.15) is 13.2 Å². The van der Waals surface area contributed by atoms with E-state index in [0.717, 1.165) is 9.79 Å². The lowest BCUT2D eigenvalue weighted by atomic mass is 10.2. The van der Waals surface area contributed by atoms with Crippen molar-refractivity contribution in [3.8, 4) is 17.2 Å². The van der Waals surface area contributed by atoms with Gasteiger partial charge in [-0.3, -0.25) is 0 Å². The van der Waals surface area contributed by atoms with Crippen molar-refractivity contribution in [2.75, 3.05) is 19.8 Å². The van der Waals surface area contributed by atoms with Gasteiger partial charge in [0.1, 0.15) is 43.6 Å². The Morgan fingerprint density at radius 2 is 0.917 bits per heavy atom. The molecule has 0 atom stereocenters. The largest absolute Gasteiger partial charge is 0.744 e. The third-order valence-electron chi connectivity index (χ3n) is 6.93. The number of benzene rings is 4. The van der Waals surface area contributed by atoms with E-state index in [2.05, 4.69) is 0 Å². The smallest absolute Gasteiger partial charge is 0.416 e. The summed E-state index contributed by atoms with van der Waals surface area (Å²) >= 11 is 0. The zero-order valence-corrected chi connectivity index (χ0v) is 36.3. The molecular formula is C43H49F3O12S2. The van der Waals surface area contributed by atoms with E-state index in [0.29, 0.717) is 29.2 Å². The highest BCUT2D eigenvalue weighted by atomic mass is 32.2. The van der Waals surface area contributed by atoms with Crippen LogP contribution in [0.15, 0.2) is 117 Å². The Balaban J connectivity index is 0.000000579. The Labute approximate surface area is 351 Å². The Bertz CT molecular complexity index is 2070. The second-order valence-electron chi connectivity index (χ2n) is 15.8. The molecule has 0 aliphatic heterocycles.